The third kappa shape index (κ3) is 12.2. The molecular weight excluding hydrogens is 220 g/mol. The van der Waals surface area contributed by atoms with Crippen LogP contribution in [0.3, 0.4) is 0 Å². The van der Waals surface area contributed by atoms with Crippen LogP contribution in [0, 0.1) is 0 Å². The number of hydrogen-bond acceptors (Lipinski definition) is 0. The summed E-state index contributed by atoms with van der Waals surface area (Å²) in [7, 11) is -0.892. The van der Waals surface area contributed by atoms with Gasteiger partial charge in [0.2, 0.25) is 0 Å². The lowest BCUT2D eigenvalue weighted by Gasteiger charge is -2.20. The highest BCUT2D eigenvalue weighted by molar-refractivity contribution is 6.77. The van der Waals surface area contributed by atoms with Gasteiger partial charge in [-0.2, -0.15) is 0 Å². The molecule has 0 heterocycles. The Morgan fingerprint density at radius 2 is 1.35 bits per heavy atom. The van der Waals surface area contributed by atoms with Crippen molar-refractivity contribution in [3.8, 4) is 0 Å². The van der Waals surface area contributed by atoms with Crippen LogP contribution in [-0.2, 0) is 0 Å². The molecular formula is C16H34Si. The summed E-state index contributed by atoms with van der Waals surface area (Å²) in [5.74, 6) is 0. The van der Waals surface area contributed by atoms with Gasteiger partial charge < -0.3 is 0 Å². The number of allylic oxidation sites excluding steroid dienone is 2. The first-order valence-corrected chi connectivity index (χ1v) is 11.1. The Kier molecular flexibility index (Phi) is 11.0. The first-order chi connectivity index (χ1) is 8.12. The number of unbranched alkanes of at least 4 members (excludes halogenated alkanes) is 7. The number of hydrogen-bond donors (Lipinski definition) is 0. The Balaban J connectivity index is 3.32. The minimum atomic E-state index is -0.892. The summed E-state index contributed by atoms with van der Waals surface area (Å²) < 4.78 is 0. The quantitative estimate of drug-likeness (QED) is 0.227. The summed E-state index contributed by atoms with van der Waals surface area (Å²) in [6, 6.07) is 2.90. The molecule has 0 bridgehead atoms. The fraction of sp³-hybridized carbons (Fsp3) is 0.875. The van der Waals surface area contributed by atoms with Crippen LogP contribution >= 0.6 is 0 Å². The zero-order valence-corrected chi connectivity index (χ0v) is 13.7. The molecule has 0 fully saturated rings. The van der Waals surface area contributed by atoms with Crippen molar-refractivity contribution in [1.29, 1.82) is 0 Å². The van der Waals surface area contributed by atoms with Crippen molar-refractivity contribution in [2.75, 3.05) is 0 Å². The predicted octanol–water partition coefficient (Wildman–Crippen LogP) is 6.41. The minimum Gasteiger partial charge on any atom is -0.0919 e. The van der Waals surface area contributed by atoms with Gasteiger partial charge in [-0.1, -0.05) is 89.6 Å². The van der Waals surface area contributed by atoms with E-state index in [9.17, 15) is 0 Å². The maximum Gasteiger partial charge on any atom is 0.0511 e. The molecule has 0 nitrogen and oxygen atoms in total. The van der Waals surface area contributed by atoms with E-state index >= 15 is 0 Å². The zero-order chi connectivity index (χ0) is 13.0. The summed E-state index contributed by atoms with van der Waals surface area (Å²) in [4.78, 5) is 0. The highest BCUT2D eigenvalue weighted by Gasteiger charge is 2.17. The van der Waals surface area contributed by atoms with Crippen LogP contribution in [0.1, 0.15) is 65.2 Å². The maximum absolute atomic E-state index is 2.54. The van der Waals surface area contributed by atoms with Crippen molar-refractivity contribution in [1.82, 2.24) is 0 Å². The fourth-order valence-corrected chi connectivity index (χ4v) is 4.56. The molecule has 17 heavy (non-hydrogen) atoms. The fourth-order valence-electron chi connectivity index (χ4n) is 2.28. The molecule has 1 heteroatoms. The molecule has 0 rings (SSSR count). The summed E-state index contributed by atoms with van der Waals surface area (Å²) in [6.07, 6.45) is 16.2. The molecule has 0 unspecified atom stereocenters. The van der Waals surface area contributed by atoms with Gasteiger partial charge >= 0.3 is 0 Å². The second kappa shape index (κ2) is 11.1. The summed E-state index contributed by atoms with van der Waals surface area (Å²) >= 11 is 0. The van der Waals surface area contributed by atoms with Crippen LogP contribution in [0.25, 0.3) is 0 Å². The van der Waals surface area contributed by atoms with E-state index in [1.54, 1.807) is 0 Å². The van der Waals surface area contributed by atoms with E-state index in [0.717, 1.165) is 0 Å². The molecule has 102 valence electrons. The molecule has 0 spiro atoms. The summed E-state index contributed by atoms with van der Waals surface area (Å²) in [5, 5.41) is 0. The summed E-state index contributed by atoms with van der Waals surface area (Å²) in [5.41, 5.74) is 0. The van der Waals surface area contributed by atoms with E-state index in [1.807, 2.05) is 0 Å². The number of rotatable bonds is 11. The average Bonchev–Trinajstić information content (AvgIpc) is 2.30. The molecule has 0 saturated carbocycles. The molecule has 0 aliphatic rings. The maximum atomic E-state index is 2.54. The van der Waals surface area contributed by atoms with Gasteiger partial charge in [-0.3, -0.25) is 0 Å². The van der Waals surface area contributed by atoms with E-state index in [1.165, 1.54) is 63.5 Å². The Morgan fingerprint density at radius 1 is 0.824 bits per heavy atom. The van der Waals surface area contributed by atoms with Gasteiger partial charge in [0.15, 0.2) is 0 Å². The monoisotopic (exact) mass is 254 g/mol. The van der Waals surface area contributed by atoms with Crippen molar-refractivity contribution < 1.29 is 0 Å². The SMILES string of the molecule is CC=CC[Si](C)(C)CCCCCCCCCC. The first-order valence-electron chi connectivity index (χ1n) is 7.73. The normalized spacial score (nSPS) is 12.5. The second-order valence-electron chi connectivity index (χ2n) is 6.16. The van der Waals surface area contributed by atoms with E-state index in [2.05, 4.69) is 39.1 Å². The smallest absolute Gasteiger partial charge is 0.0511 e. The van der Waals surface area contributed by atoms with Crippen molar-refractivity contribution in [3.63, 3.8) is 0 Å². The van der Waals surface area contributed by atoms with Gasteiger partial charge in [0.1, 0.15) is 0 Å². The third-order valence-corrected chi connectivity index (χ3v) is 6.66. The zero-order valence-electron chi connectivity index (χ0n) is 12.7. The van der Waals surface area contributed by atoms with Crippen LogP contribution < -0.4 is 0 Å². The molecule has 0 atom stereocenters. The molecule has 0 N–H and O–H groups in total. The lowest BCUT2D eigenvalue weighted by atomic mass is 10.1. The van der Waals surface area contributed by atoms with Gasteiger partial charge in [-0.25, -0.2) is 0 Å². The Hall–Kier alpha value is -0.0431. The van der Waals surface area contributed by atoms with Gasteiger partial charge in [-0.15, -0.1) is 0 Å². The topological polar surface area (TPSA) is 0 Å². The lowest BCUT2D eigenvalue weighted by Crippen LogP contribution is -2.23. The molecule has 0 aliphatic carbocycles. The Morgan fingerprint density at radius 3 is 1.88 bits per heavy atom. The van der Waals surface area contributed by atoms with Crippen LogP contribution in [0.4, 0.5) is 0 Å². The molecule has 0 amide bonds. The van der Waals surface area contributed by atoms with E-state index in [4.69, 9.17) is 0 Å². The molecule has 0 aromatic carbocycles. The minimum absolute atomic E-state index is 0.892. The molecule has 0 aromatic heterocycles. The van der Waals surface area contributed by atoms with E-state index in [-0.39, 0.29) is 0 Å². The van der Waals surface area contributed by atoms with Crippen LogP contribution in [0.15, 0.2) is 12.2 Å². The van der Waals surface area contributed by atoms with Crippen LogP contribution in [-0.4, -0.2) is 8.07 Å². The largest absolute Gasteiger partial charge is 0.0919 e. The Bertz CT molecular complexity index is 182. The Labute approximate surface area is 111 Å². The van der Waals surface area contributed by atoms with Crippen molar-refractivity contribution in [2.45, 2.75) is 90.4 Å². The lowest BCUT2D eigenvalue weighted by molar-refractivity contribution is 0.584. The molecule has 0 aliphatic heterocycles. The molecule has 0 radical (unpaired) electrons. The van der Waals surface area contributed by atoms with Crippen LogP contribution in [0.2, 0.25) is 25.2 Å². The average molecular weight is 255 g/mol. The van der Waals surface area contributed by atoms with Crippen LogP contribution in [0.5, 0.6) is 0 Å². The standard InChI is InChI=1S/C16H34Si/c1-5-7-9-10-11-12-13-14-16-17(3,4)15-8-6-2/h6,8H,5,7,9-16H2,1-4H3. The van der Waals surface area contributed by atoms with Crippen molar-refractivity contribution in [2.24, 2.45) is 0 Å². The first kappa shape index (κ1) is 17.0. The van der Waals surface area contributed by atoms with Gasteiger partial charge in [-0.05, 0) is 13.0 Å². The molecule has 0 saturated heterocycles. The van der Waals surface area contributed by atoms with Gasteiger partial charge in [0.25, 0.3) is 0 Å². The van der Waals surface area contributed by atoms with Gasteiger partial charge in [0, 0.05) is 0 Å². The second-order valence-corrected chi connectivity index (χ2v) is 11.4. The van der Waals surface area contributed by atoms with Gasteiger partial charge in [0.05, 0.1) is 8.07 Å². The third-order valence-electron chi connectivity index (χ3n) is 3.61. The van der Waals surface area contributed by atoms with E-state index < -0.39 is 8.07 Å². The molecule has 0 aromatic rings. The summed E-state index contributed by atoms with van der Waals surface area (Å²) in [6.45, 7) is 9.50. The predicted molar refractivity (Wildman–Crippen MR) is 84.5 cm³/mol. The van der Waals surface area contributed by atoms with Crippen molar-refractivity contribution >= 4 is 8.07 Å². The highest BCUT2D eigenvalue weighted by atomic mass is 28.3. The van der Waals surface area contributed by atoms with E-state index in [0.29, 0.717) is 0 Å². The van der Waals surface area contributed by atoms with Crippen molar-refractivity contribution in [3.05, 3.63) is 12.2 Å². The highest BCUT2D eigenvalue weighted by Crippen LogP contribution is 2.20.